The van der Waals surface area contributed by atoms with E-state index < -0.39 is 11.4 Å². The zero-order valence-electron chi connectivity index (χ0n) is 11.5. The molecule has 2 saturated heterocycles. The molecular weight excluding hydrogens is 244 g/mol. The standard InChI is InChI=1S/C15H22O4/c1-7-5-8(2)12-13(19-12)11(7)15(14(16)17)4-3-9-10(6-15)18-9/h7-13H,3-6H2,1-2H3,(H,16,17). The SMILES string of the molecule is CC1CC(C)C(C2(C(=O)O)CCC3OC3C2)C2OC12. The van der Waals surface area contributed by atoms with Gasteiger partial charge in [0.2, 0.25) is 0 Å². The highest BCUT2D eigenvalue weighted by Gasteiger charge is 2.66. The molecule has 2 heterocycles. The maximum atomic E-state index is 12.0. The molecule has 0 aromatic carbocycles. The number of rotatable bonds is 2. The third-order valence-electron chi connectivity index (χ3n) is 6.02. The van der Waals surface area contributed by atoms with E-state index in [9.17, 15) is 9.90 Å². The van der Waals surface area contributed by atoms with Crippen LogP contribution < -0.4 is 0 Å². The normalized spacial score (nSPS) is 58.9. The van der Waals surface area contributed by atoms with Gasteiger partial charge in [-0.3, -0.25) is 4.79 Å². The minimum atomic E-state index is -0.623. The van der Waals surface area contributed by atoms with E-state index in [1.165, 1.54) is 0 Å². The average Bonchev–Trinajstić information content (AvgIpc) is 3.21. The predicted molar refractivity (Wildman–Crippen MR) is 67.7 cm³/mol. The van der Waals surface area contributed by atoms with Gasteiger partial charge in [0.05, 0.1) is 29.8 Å². The van der Waals surface area contributed by atoms with E-state index in [0.717, 1.165) is 19.3 Å². The van der Waals surface area contributed by atoms with Gasteiger partial charge in [-0.05, 0) is 37.5 Å². The Morgan fingerprint density at radius 1 is 1.16 bits per heavy atom. The number of ether oxygens (including phenoxy) is 2. The monoisotopic (exact) mass is 266 g/mol. The molecule has 19 heavy (non-hydrogen) atoms. The van der Waals surface area contributed by atoms with E-state index in [2.05, 4.69) is 13.8 Å². The van der Waals surface area contributed by atoms with Gasteiger partial charge in [0.1, 0.15) is 0 Å². The highest BCUT2D eigenvalue weighted by atomic mass is 16.6. The molecule has 4 aliphatic rings. The summed E-state index contributed by atoms with van der Waals surface area (Å²) in [6, 6.07) is 0. The Labute approximate surface area is 113 Å². The summed E-state index contributed by atoms with van der Waals surface area (Å²) in [5.74, 6) is 0.569. The molecule has 8 atom stereocenters. The fraction of sp³-hybridized carbons (Fsp3) is 0.933. The van der Waals surface area contributed by atoms with E-state index in [1.54, 1.807) is 0 Å². The van der Waals surface area contributed by atoms with Crippen molar-refractivity contribution >= 4 is 5.97 Å². The summed E-state index contributed by atoms with van der Waals surface area (Å²) in [6.45, 7) is 4.44. The Bertz CT molecular complexity index is 420. The second kappa shape index (κ2) is 3.73. The quantitative estimate of drug-likeness (QED) is 0.777. The first-order chi connectivity index (χ1) is 9.03. The minimum Gasteiger partial charge on any atom is -0.481 e. The summed E-state index contributed by atoms with van der Waals surface area (Å²) in [4.78, 5) is 12.0. The van der Waals surface area contributed by atoms with Crippen LogP contribution in [0.2, 0.25) is 0 Å². The molecule has 0 aromatic rings. The van der Waals surface area contributed by atoms with Crippen molar-refractivity contribution in [1.82, 2.24) is 0 Å². The molecule has 0 aromatic heterocycles. The van der Waals surface area contributed by atoms with Crippen molar-refractivity contribution in [1.29, 1.82) is 0 Å². The van der Waals surface area contributed by atoms with Crippen LogP contribution in [0, 0.1) is 23.2 Å². The summed E-state index contributed by atoms with van der Waals surface area (Å²) in [5, 5.41) is 9.89. The molecule has 4 nitrogen and oxygen atoms in total. The van der Waals surface area contributed by atoms with Crippen molar-refractivity contribution in [2.45, 2.75) is 63.9 Å². The maximum Gasteiger partial charge on any atom is 0.310 e. The molecular formula is C15H22O4. The fourth-order valence-electron chi connectivity index (χ4n) is 5.05. The smallest absolute Gasteiger partial charge is 0.310 e. The number of hydrogen-bond donors (Lipinski definition) is 1. The summed E-state index contributed by atoms with van der Waals surface area (Å²) in [6.07, 6.45) is 4.51. The summed E-state index contributed by atoms with van der Waals surface area (Å²) >= 11 is 0. The van der Waals surface area contributed by atoms with Crippen LogP contribution in [0.5, 0.6) is 0 Å². The van der Waals surface area contributed by atoms with Crippen molar-refractivity contribution in [2.75, 3.05) is 0 Å². The minimum absolute atomic E-state index is 0.177. The molecule has 0 bridgehead atoms. The Hall–Kier alpha value is -0.610. The van der Waals surface area contributed by atoms with Crippen molar-refractivity contribution in [3.05, 3.63) is 0 Å². The Morgan fingerprint density at radius 3 is 2.63 bits per heavy atom. The van der Waals surface area contributed by atoms with E-state index in [4.69, 9.17) is 9.47 Å². The van der Waals surface area contributed by atoms with E-state index in [-0.39, 0.29) is 18.1 Å². The number of carbonyl (C=O) groups is 1. The van der Waals surface area contributed by atoms with Gasteiger partial charge in [-0.2, -0.15) is 0 Å². The predicted octanol–water partition coefficient (Wildman–Crippen LogP) is 2.07. The highest BCUT2D eigenvalue weighted by Crippen LogP contribution is 2.60. The molecule has 2 aliphatic carbocycles. The first-order valence-electron chi connectivity index (χ1n) is 7.57. The third-order valence-corrected chi connectivity index (χ3v) is 6.02. The zero-order valence-corrected chi connectivity index (χ0v) is 11.5. The van der Waals surface area contributed by atoms with E-state index in [0.29, 0.717) is 30.5 Å². The van der Waals surface area contributed by atoms with Crippen molar-refractivity contribution in [2.24, 2.45) is 23.2 Å². The lowest BCUT2D eigenvalue weighted by Crippen LogP contribution is -2.49. The lowest BCUT2D eigenvalue weighted by Gasteiger charge is -2.43. The molecule has 2 aliphatic heterocycles. The largest absolute Gasteiger partial charge is 0.481 e. The van der Waals surface area contributed by atoms with Gasteiger partial charge < -0.3 is 14.6 Å². The van der Waals surface area contributed by atoms with E-state index >= 15 is 0 Å². The molecule has 4 heteroatoms. The second-order valence-corrected chi connectivity index (χ2v) is 7.20. The molecule has 4 rings (SSSR count). The van der Waals surface area contributed by atoms with Gasteiger partial charge in [0.25, 0.3) is 0 Å². The Morgan fingerprint density at radius 2 is 1.95 bits per heavy atom. The van der Waals surface area contributed by atoms with Crippen LogP contribution in [0.15, 0.2) is 0 Å². The zero-order chi connectivity index (χ0) is 13.4. The lowest BCUT2D eigenvalue weighted by molar-refractivity contribution is -0.158. The Balaban J connectivity index is 1.65. The first kappa shape index (κ1) is 12.2. The van der Waals surface area contributed by atoms with Crippen LogP contribution >= 0.6 is 0 Å². The molecule has 1 N–H and O–H groups in total. The summed E-state index contributed by atoms with van der Waals surface area (Å²) < 4.78 is 11.4. The van der Waals surface area contributed by atoms with Gasteiger partial charge >= 0.3 is 5.97 Å². The van der Waals surface area contributed by atoms with Gasteiger partial charge in [0.15, 0.2) is 0 Å². The molecule has 0 amide bonds. The maximum absolute atomic E-state index is 12.0. The molecule has 106 valence electrons. The Kier molecular flexibility index (Phi) is 2.39. The van der Waals surface area contributed by atoms with Gasteiger partial charge in [-0.25, -0.2) is 0 Å². The second-order valence-electron chi connectivity index (χ2n) is 7.20. The fourth-order valence-corrected chi connectivity index (χ4v) is 5.05. The van der Waals surface area contributed by atoms with Gasteiger partial charge in [0, 0.05) is 5.92 Å². The number of aliphatic carboxylic acids is 1. The van der Waals surface area contributed by atoms with Crippen LogP contribution in [-0.4, -0.2) is 35.5 Å². The van der Waals surface area contributed by atoms with Gasteiger partial charge in [-0.1, -0.05) is 13.8 Å². The van der Waals surface area contributed by atoms with Gasteiger partial charge in [-0.15, -0.1) is 0 Å². The number of hydrogen-bond acceptors (Lipinski definition) is 3. The number of epoxide rings is 2. The first-order valence-corrected chi connectivity index (χ1v) is 7.57. The summed E-state index contributed by atoms with van der Waals surface area (Å²) in [7, 11) is 0. The van der Waals surface area contributed by atoms with E-state index in [1.807, 2.05) is 0 Å². The molecule has 4 fully saturated rings. The van der Waals surface area contributed by atoms with Crippen molar-refractivity contribution < 1.29 is 19.4 Å². The number of carboxylic acid groups (broad SMARTS) is 1. The van der Waals surface area contributed by atoms with Crippen LogP contribution in [0.1, 0.15) is 39.5 Å². The molecule has 2 saturated carbocycles. The molecule has 8 unspecified atom stereocenters. The molecule has 0 radical (unpaired) electrons. The van der Waals surface area contributed by atoms with Crippen LogP contribution in [0.4, 0.5) is 0 Å². The topological polar surface area (TPSA) is 62.4 Å². The highest BCUT2D eigenvalue weighted by molar-refractivity contribution is 5.76. The van der Waals surface area contributed by atoms with Crippen LogP contribution in [0.3, 0.4) is 0 Å². The number of fused-ring (bicyclic) bond motifs is 2. The molecule has 0 spiro atoms. The van der Waals surface area contributed by atoms with Crippen molar-refractivity contribution in [3.8, 4) is 0 Å². The third kappa shape index (κ3) is 1.62. The van der Waals surface area contributed by atoms with Crippen LogP contribution in [0.25, 0.3) is 0 Å². The van der Waals surface area contributed by atoms with Crippen LogP contribution in [-0.2, 0) is 14.3 Å². The lowest BCUT2D eigenvalue weighted by atomic mass is 9.57. The number of carboxylic acids is 1. The van der Waals surface area contributed by atoms with Crippen molar-refractivity contribution in [3.63, 3.8) is 0 Å². The summed E-state index contributed by atoms with van der Waals surface area (Å²) in [5.41, 5.74) is -0.601. The average molecular weight is 266 g/mol.